The lowest BCUT2D eigenvalue weighted by Gasteiger charge is -2.26. The summed E-state index contributed by atoms with van der Waals surface area (Å²) in [6.07, 6.45) is 102. The Kier molecular flexibility index (Phi) is 74.8. The molecular weight excluding hydrogens is 1190 g/mol. The molecule has 0 fully saturated rings. The van der Waals surface area contributed by atoms with Crippen molar-refractivity contribution in [2.24, 2.45) is 0 Å². The van der Waals surface area contributed by atoms with E-state index in [1.54, 1.807) is 0 Å². The lowest BCUT2D eigenvalue weighted by molar-refractivity contribution is -0.870. The molecule has 0 aliphatic heterocycles. The number of unbranched alkanes of at least 4 members (excludes halogenated alkanes) is 51. The van der Waals surface area contributed by atoms with Gasteiger partial charge in [-0.2, -0.15) is 0 Å². The van der Waals surface area contributed by atoms with Gasteiger partial charge in [0.15, 0.2) is 12.4 Å². The fourth-order valence-corrected chi connectivity index (χ4v) is 12.4. The largest absolute Gasteiger partial charge is 0.545 e. The molecule has 0 aliphatic carbocycles. The Morgan fingerprint density at radius 1 is 0.323 bits per heavy atom. The average Bonchev–Trinajstić information content (AvgIpc) is 2.40. The minimum absolute atomic E-state index is 0.150. The van der Waals surface area contributed by atoms with E-state index in [2.05, 4.69) is 86.8 Å². The minimum atomic E-state index is -1.62. The van der Waals surface area contributed by atoms with Crippen molar-refractivity contribution in [3.05, 3.63) is 72.9 Å². The van der Waals surface area contributed by atoms with Gasteiger partial charge in [0.05, 0.1) is 40.3 Å². The molecule has 0 saturated carbocycles. The van der Waals surface area contributed by atoms with Crippen molar-refractivity contribution in [3.63, 3.8) is 0 Å². The number of esters is 2. The number of carbonyl (C=O) groups excluding carboxylic acids is 3. The van der Waals surface area contributed by atoms with Crippen molar-refractivity contribution in [3.8, 4) is 0 Å². The van der Waals surface area contributed by atoms with Crippen LogP contribution in [0.5, 0.6) is 0 Å². The molecule has 0 aromatic carbocycles. The Hall–Kier alpha value is -3.27. The Labute approximate surface area is 596 Å². The number of carboxylic acid groups (broad SMARTS) is 1. The molecule has 0 saturated heterocycles. The number of ether oxygens (including phenoxy) is 4. The van der Waals surface area contributed by atoms with Crippen LogP contribution < -0.4 is 5.11 Å². The maximum Gasteiger partial charge on any atom is 0.306 e. The molecule has 2 atom stereocenters. The van der Waals surface area contributed by atoms with Crippen molar-refractivity contribution in [2.75, 3.05) is 47.5 Å². The van der Waals surface area contributed by atoms with Gasteiger partial charge < -0.3 is 33.3 Å². The zero-order valence-corrected chi connectivity index (χ0v) is 64.3. The van der Waals surface area contributed by atoms with Gasteiger partial charge in [0.1, 0.15) is 13.2 Å². The van der Waals surface area contributed by atoms with Crippen LogP contribution in [-0.4, -0.2) is 82.3 Å². The first-order valence-electron chi connectivity index (χ1n) is 41.6. The number of likely N-dealkylation sites (N-methyl/N-ethyl adjacent to an activating group) is 1. The molecule has 0 aromatic rings. The number of quaternary nitrogens is 1. The maximum absolute atomic E-state index is 13.0. The molecule has 9 heteroatoms. The molecular formula is C87H159NO8. The van der Waals surface area contributed by atoms with Crippen molar-refractivity contribution in [1.82, 2.24) is 0 Å². The van der Waals surface area contributed by atoms with Crippen LogP contribution in [0, 0.1) is 0 Å². The number of hydrogen-bond donors (Lipinski definition) is 0. The lowest BCUT2D eigenvalue weighted by atomic mass is 10.0. The van der Waals surface area contributed by atoms with Gasteiger partial charge in [-0.25, -0.2) is 0 Å². The Morgan fingerprint density at radius 3 is 0.885 bits per heavy atom. The summed E-state index contributed by atoms with van der Waals surface area (Å²) in [4.78, 5) is 37.6. The number of hydrogen-bond acceptors (Lipinski definition) is 8. The monoisotopic (exact) mass is 1350 g/mol. The number of rotatable bonds is 78. The summed E-state index contributed by atoms with van der Waals surface area (Å²) in [5.74, 6) is -2.25. The molecule has 560 valence electrons. The summed E-state index contributed by atoms with van der Waals surface area (Å²) in [6.45, 7) is 4.71. The highest BCUT2D eigenvalue weighted by atomic mass is 16.7. The van der Waals surface area contributed by atoms with Gasteiger partial charge >= 0.3 is 11.9 Å². The fraction of sp³-hybridized carbons (Fsp3) is 0.828. The highest BCUT2D eigenvalue weighted by molar-refractivity contribution is 5.70. The third-order valence-electron chi connectivity index (χ3n) is 18.7. The first-order valence-corrected chi connectivity index (χ1v) is 41.6. The molecule has 96 heavy (non-hydrogen) atoms. The number of allylic oxidation sites excluding steroid dienone is 12. The van der Waals surface area contributed by atoms with E-state index in [4.69, 9.17) is 18.9 Å². The Morgan fingerprint density at radius 2 is 0.594 bits per heavy atom. The number of carbonyl (C=O) groups is 3. The van der Waals surface area contributed by atoms with E-state index in [1.165, 1.54) is 302 Å². The van der Waals surface area contributed by atoms with Crippen LogP contribution in [0.1, 0.15) is 406 Å². The molecule has 0 aliphatic rings. The van der Waals surface area contributed by atoms with Crippen molar-refractivity contribution < 1.29 is 42.9 Å². The normalized spacial score (nSPS) is 13.0. The van der Waals surface area contributed by atoms with Crippen LogP contribution in [0.15, 0.2) is 72.9 Å². The first-order chi connectivity index (χ1) is 47.1. The predicted octanol–water partition coefficient (Wildman–Crippen LogP) is 25.4. The topological polar surface area (TPSA) is 111 Å². The second kappa shape index (κ2) is 77.5. The van der Waals surface area contributed by atoms with E-state index < -0.39 is 24.3 Å². The Bertz CT molecular complexity index is 1810. The van der Waals surface area contributed by atoms with Crippen LogP contribution in [0.3, 0.4) is 0 Å². The van der Waals surface area contributed by atoms with Crippen LogP contribution in [0.4, 0.5) is 0 Å². The summed E-state index contributed by atoms with van der Waals surface area (Å²) in [5, 5.41) is 11.9. The van der Waals surface area contributed by atoms with E-state index >= 15 is 0 Å². The number of aliphatic carboxylic acids is 1. The van der Waals surface area contributed by atoms with Crippen LogP contribution in [-0.2, 0) is 33.3 Å². The molecule has 0 aromatic heterocycles. The lowest BCUT2D eigenvalue weighted by Crippen LogP contribution is -2.44. The van der Waals surface area contributed by atoms with E-state index in [0.29, 0.717) is 23.9 Å². The quantitative estimate of drug-likeness (QED) is 0.0195. The highest BCUT2D eigenvalue weighted by Crippen LogP contribution is 2.20. The zero-order valence-electron chi connectivity index (χ0n) is 64.3. The molecule has 2 unspecified atom stereocenters. The van der Waals surface area contributed by atoms with Gasteiger partial charge in [-0.05, 0) is 64.2 Å². The van der Waals surface area contributed by atoms with Crippen molar-refractivity contribution >= 4 is 17.9 Å². The second-order valence-electron chi connectivity index (χ2n) is 29.4. The summed E-state index contributed by atoms with van der Waals surface area (Å²) in [5.41, 5.74) is 0. The third kappa shape index (κ3) is 78.1. The van der Waals surface area contributed by atoms with E-state index in [1.807, 2.05) is 21.1 Å². The third-order valence-corrected chi connectivity index (χ3v) is 18.7. The zero-order chi connectivity index (χ0) is 69.7. The summed E-state index contributed by atoms with van der Waals surface area (Å²) in [7, 11) is 5.95. The average molecular weight is 1350 g/mol. The summed E-state index contributed by atoms with van der Waals surface area (Å²) >= 11 is 0. The molecule has 0 rings (SSSR count). The second-order valence-corrected chi connectivity index (χ2v) is 29.4. The molecule has 9 nitrogen and oxygen atoms in total. The molecule has 0 bridgehead atoms. The molecule has 0 radical (unpaired) electrons. The first kappa shape index (κ1) is 92.7. The van der Waals surface area contributed by atoms with Crippen LogP contribution >= 0.6 is 0 Å². The van der Waals surface area contributed by atoms with Crippen LogP contribution in [0.2, 0.25) is 0 Å². The highest BCUT2D eigenvalue weighted by Gasteiger charge is 2.22. The van der Waals surface area contributed by atoms with Crippen molar-refractivity contribution in [2.45, 2.75) is 418 Å². The van der Waals surface area contributed by atoms with Gasteiger partial charge in [-0.3, -0.25) is 9.59 Å². The number of carboxylic acids is 1. The molecule has 0 spiro atoms. The maximum atomic E-state index is 13.0. The van der Waals surface area contributed by atoms with Gasteiger partial charge in [0, 0.05) is 12.8 Å². The number of nitrogens with zero attached hydrogens (tertiary/aromatic N) is 1. The summed E-state index contributed by atoms with van der Waals surface area (Å²) in [6, 6.07) is 0. The van der Waals surface area contributed by atoms with Crippen LogP contribution in [0.25, 0.3) is 0 Å². The van der Waals surface area contributed by atoms with Gasteiger partial charge in [-0.1, -0.05) is 401 Å². The smallest absolute Gasteiger partial charge is 0.306 e. The van der Waals surface area contributed by atoms with Crippen molar-refractivity contribution in [1.29, 1.82) is 0 Å². The molecule has 0 amide bonds. The SMILES string of the molecule is CC/C=C\C/C=C\C/C=C\C/C=C\C/C=C\C/C=C\CCCCCCCCCCCCCCCCCCCCCCC(=O)OC(COC(=O)CCCCCCCCCCCCCCCCCCCCCCCCCCCCCCCCCC)COC(OCC[N+](C)(C)C)C(=O)[O-]. The van der Waals surface area contributed by atoms with Gasteiger partial charge in [0.2, 0.25) is 0 Å². The van der Waals surface area contributed by atoms with E-state index in [9.17, 15) is 19.5 Å². The molecule has 0 heterocycles. The summed E-state index contributed by atoms with van der Waals surface area (Å²) < 4.78 is 22.9. The standard InChI is InChI=1S/C87H159NO8/c1-6-8-10-12-14-16-18-20-22-24-26-28-30-32-34-36-38-40-41-42-43-44-45-46-48-50-52-54-56-58-60-62-64-66-68-70-72-74-76-78-85(90)96-83(82-95-87(86(91)92)93-80-79-88(3,4)5)81-94-84(89)77-75-73-71-69-67-65-63-61-59-57-55-53-51-49-47-39-37-35-33-31-29-27-25-23-21-19-17-15-13-11-9-7-2/h8,10,14,16,20,22,26,28,32,34,38,40,83,87H,6-7,9,11-13,15,17-19,21,23-25,27,29-31,33,35-37,39,41-82H2,1-5H3/b10-8-,16-14-,22-20-,28-26-,34-32-,40-38-. The minimum Gasteiger partial charge on any atom is -0.545 e. The van der Waals surface area contributed by atoms with Gasteiger partial charge in [-0.15, -0.1) is 0 Å². The van der Waals surface area contributed by atoms with E-state index in [0.717, 1.165) is 70.6 Å². The fourth-order valence-electron chi connectivity index (χ4n) is 12.4. The molecule has 0 N–H and O–H groups in total. The van der Waals surface area contributed by atoms with Gasteiger partial charge in [0.25, 0.3) is 0 Å². The van der Waals surface area contributed by atoms with E-state index in [-0.39, 0.29) is 32.2 Å². The Balaban J connectivity index is 3.96. The predicted molar refractivity (Wildman–Crippen MR) is 412 cm³/mol.